The van der Waals surface area contributed by atoms with Crippen molar-refractivity contribution in [3.05, 3.63) is 0 Å². The van der Waals surface area contributed by atoms with E-state index < -0.39 is 0 Å². The SMILES string of the molecule is CC1CC(N)CCN1CC1CCCN(C)C1. The van der Waals surface area contributed by atoms with Gasteiger partial charge in [-0.3, -0.25) is 0 Å². The highest BCUT2D eigenvalue weighted by atomic mass is 15.2. The molecule has 0 aromatic carbocycles. The topological polar surface area (TPSA) is 32.5 Å². The minimum atomic E-state index is 0.445. The van der Waals surface area contributed by atoms with Gasteiger partial charge in [0.05, 0.1) is 0 Å². The van der Waals surface area contributed by atoms with Crippen LogP contribution in [0.3, 0.4) is 0 Å². The average molecular weight is 225 g/mol. The molecule has 2 aliphatic rings. The Labute approximate surface area is 100.0 Å². The predicted molar refractivity (Wildman–Crippen MR) is 68.5 cm³/mol. The highest BCUT2D eigenvalue weighted by molar-refractivity contribution is 4.83. The van der Waals surface area contributed by atoms with E-state index in [1.54, 1.807) is 0 Å². The van der Waals surface area contributed by atoms with Crippen molar-refractivity contribution in [1.82, 2.24) is 9.80 Å². The second kappa shape index (κ2) is 5.48. The molecule has 0 bridgehead atoms. The lowest BCUT2D eigenvalue weighted by Gasteiger charge is -2.40. The number of nitrogens with zero attached hydrogens (tertiary/aromatic N) is 2. The van der Waals surface area contributed by atoms with E-state index in [9.17, 15) is 0 Å². The van der Waals surface area contributed by atoms with Gasteiger partial charge in [0.2, 0.25) is 0 Å². The molecule has 2 rings (SSSR count). The van der Waals surface area contributed by atoms with Gasteiger partial charge in [0.1, 0.15) is 0 Å². The summed E-state index contributed by atoms with van der Waals surface area (Å²) in [5.74, 6) is 0.885. The van der Waals surface area contributed by atoms with Crippen molar-refractivity contribution >= 4 is 0 Å². The third kappa shape index (κ3) is 3.19. The Morgan fingerprint density at radius 2 is 2.06 bits per heavy atom. The fourth-order valence-corrected chi connectivity index (χ4v) is 3.28. The predicted octanol–water partition coefficient (Wildman–Crippen LogP) is 1.14. The fourth-order valence-electron chi connectivity index (χ4n) is 3.28. The maximum atomic E-state index is 6.01. The van der Waals surface area contributed by atoms with Crippen LogP contribution in [0.2, 0.25) is 0 Å². The second-order valence-corrected chi connectivity index (χ2v) is 5.90. The van der Waals surface area contributed by atoms with E-state index in [0.29, 0.717) is 12.1 Å². The summed E-state index contributed by atoms with van der Waals surface area (Å²) >= 11 is 0. The zero-order valence-corrected chi connectivity index (χ0v) is 10.9. The molecule has 0 saturated carbocycles. The van der Waals surface area contributed by atoms with Crippen molar-refractivity contribution in [1.29, 1.82) is 0 Å². The zero-order chi connectivity index (χ0) is 11.5. The van der Waals surface area contributed by atoms with E-state index in [2.05, 4.69) is 23.8 Å². The lowest BCUT2D eigenvalue weighted by Crippen LogP contribution is -2.49. The van der Waals surface area contributed by atoms with Crippen LogP contribution in [0.5, 0.6) is 0 Å². The van der Waals surface area contributed by atoms with E-state index >= 15 is 0 Å². The van der Waals surface area contributed by atoms with Crippen LogP contribution in [-0.4, -0.2) is 55.1 Å². The van der Waals surface area contributed by atoms with Gasteiger partial charge in [-0.05, 0) is 58.7 Å². The Balaban J connectivity index is 1.80. The molecule has 16 heavy (non-hydrogen) atoms. The van der Waals surface area contributed by atoms with E-state index in [4.69, 9.17) is 5.73 Å². The van der Waals surface area contributed by atoms with Crippen LogP contribution in [0, 0.1) is 5.92 Å². The maximum Gasteiger partial charge on any atom is 0.00818 e. The van der Waals surface area contributed by atoms with Crippen LogP contribution >= 0.6 is 0 Å². The lowest BCUT2D eigenvalue weighted by atomic mass is 9.94. The summed E-state index contributed by atoms with van der Waals surface area (Å²) in [5.41, 5.74) is 6.01. The minimum absolute atomic E-state index is 0.445. The molecule has 3 atom stereocenters. The van der Waals surface area contributed by atoms with Crippen molar-refractivity contribution in [2.24, 2.45) is 11.7 Å². The van der Waals surface area contributed by atoms with Crippen molar-refractivity contribution in [3.8, 4) is 0 Å². The normalized spacial score (nSPS) is 38.8. The van der Waals surface area contributed by atoms with E-state index in [0.717, 1.165) is 5.92 Å². The molecule has 2 heterocycles. The standard InChI is InChI=1S/C13H27N3/c1-11-8-13(14)5-7-16(11)10-12-4-3-6-15(2)9-12/h11-13H,3-10,14H2,1-2H3. The van der Waals surface area contributed by atoms with Gasteiger partial charge >= 0.3 is 0 Å². The first-order chi connectivity index (χ1) is 7.65. The Hall–Kier alpha value is -0.120. The largest absolute Gasteiger partial charge is 0.328 e. The van der Waals surface area contributed by atoms with Crippen LogP contribution in [0.1, 0.15) is 32.6 Å². The van der Waals surface area contributed by atoms with Gasteiger partial charge < -0.3 is 15.5 Å². The molecule has 2 saturated heterocycles. The third-order valence-corrected chi connectivity index (χ3v) is 4.27. The van der Waals surface area contributed by atoms with Crippen molar-refractivity contribution in [2.45, 2.75) is 44.7 Å². The molecular formula is C13H27N3. The van der Waals surface area contributed by atoms with Crippen LogP contribution in [0.25, 0.3) is 0 Å². The van der Waals surface area contributed by atoms with Crippen LogP contribution in [-0.2, 0) is 0 Å². The highest BCUT2D eigenvalue weighted by Gasteiger charge is 2.26. The number of piperidine rings is 2. The first kappa shape index (κ1) is 12.3. The van der Waals surface area contributed by atoms with Gasteiger partial charge in [0, 0.05) is 25.2 Å². The van der Waals surface area contributed by atoms with Gasteiger partial charge in [0.15, 0.2) is 0 Å². The van der Waals surface area contributed by atoms with Crippen molar-refractivity contribution in [2.75, 3.05) is 33.2 Å². The van der Waals surface area contributed by atoms with E-state index in [1.165, 1.54) is 51.9 Å². The summed E-state index contributed by atoms with van der Waals surface area (Å²) in [6, 6.07) is 1.14. The van der Waals surface area contributed by atoms with Crippen molar-refractivity contribution in [3.63, 3.8) is 0 Å². The molecular weight excluding hydrogens is 198 g/mol. The molecule has 0 aromatic rings. The summed E-state index contributed by atoms with van der Waals surface area (Å²) in [6.45, 7) is 7.42. The molecule has 3 unspecified atom stereocenters. The third-order valence-electron chi connectivity index (χ3n) is 4.27. The molecule has 0 spiro atoms. The summed E-state index contributed by atoms with van der Waals surface area (Å²) < 4.78 is 0. The highest BCUT2D eigenvalue weighted by Crippen LogP contribution is 2.21. The Morgan fingerprint density at radius 1 is 1.25 bits per heavy atom. The molecule has 94 valence electrons. The summed E-state index contributed by atoms with van der Waals surface area (Å²) in [7, 11) is 2.25. The van der Waals surface area contributed by atoms with Crippen molar-refractivity contribution < 1.29 is 0 Å². The van der Waals surface area contributed by atoms with Gasteiger partial charge in [-0.25, -0.2) is 0 Å². The smallest absolute Gasteiger partial charge is 0.00818 e. The van der Waals surface area contributed by atoms with E-state index in [-0.39, 0.29) is 0 Å². The maximum absolute atomic E-state index is 6.01. The Morgan fingerprint density at radius 3 is 2.75 bits per heavy atom. The van der Waals surface area contributed by atoms with Crippen LogP contribution in [0.15, 0.2) is 0 Å². The molecule has 3 heteroatoms. The summed E-state index contributed by atoms with van der Waals surface area (Å²) in [4.78, 5) is 5.14. The number of nitrogens with two attached hydrogens (primary N) is 1. The number of hydrogen-bond donors (Lipinski definition) is 1. The zero-order valence-electron chi connectivity index (χ0n) is 10.9. The minimum Gasteiger partial charge on any atom is -0.328 e. The van der Waals surface area contributed by atoms with Crippen LogP contribution < -0.4 is 5.73 Å². The number of hydrogen-bond acceptors (Lipinski definition) is 3. The first-order valence-corrected chi connectivity index (χ1v) is 6.83. The molecule has 0 amide bonds. The van der Waals surface area contributed by atoms with Crippen LogP contribution in [0.4, 0.5) is 0 Å². The molecule has 2 N–H and O–H groups in total. The molecule has 0 radical (unpaired) electrons. The summed E-state index contributed by atoms with van der Waals surface area (Å²) in [6.07, 6.45) is 5.16. The molecule has 0 aliphatic carbocycles. The second-order valence-electron chi connectivity index (χ2n) is 5.90. The number of likely N-dealkylation sites (tertiary alicyclic amines) is 2. The summed E-state index contributed by atoms with van der Waals surface area (Å²) in [5, 5.41) is 0. The van der Waals surface area contributed by atoms with Gasteiger partial charge in [-0.2, -0.15) is 0 Å². The molecule has 0 aromatic heterocycles. The first-order valence-electron chi connectivity index (χ1n) is 6.83. The Bertz CT molecular complexity index is 219. The van der Waals surface area contributed by atoms with Gasteiger partial charge in [0.25, 0.3) is 0 Å². The quantitative estimate of drug-likeness (QED) is 0.765. The number of rotatable bonds is 2. The average Bonchev–Trinajstić information content (AvgIpc) is 2.22. The monoisotopic (exact) mass is 225 g/mol. The molecule has 2 fully saturated rings. The van der Waals surface area contributed by atoms with E-state index in [1.807, 2.05) is 0 Å². The van der Waals surface area contributed by atoms with Gasteiger partial charge in [-0.1, -0.05) is 0 Å². The Kier molecular flexibility index (Phi) is 4.22. The lowest BCUT2D eigenvalue weighted by molar-refractivity contribution is 0.0962. The fraction of sp³-hybridized carbons (Fsp3) is 1.00. The molecule has 2 aliphatic heterocycles. The molecule has 3 nitrogen and oxygen atoms in total. The van der Waals surface area contributed by atoms with Gasteiger partial charge in [-0.15, -0.1) is 0 Å².